The average molecular weight is 346 g/mol. The number of para-hydroxylation sites is 1. The minimum atomic E-state index is -0.777. The van der Waals surface area contributed by atoms with Crippen LogP contribution in [-0.4, -0.2) is 35.7 Å². The van der Waals surface area contributed by atoms with E-state index in [0.29, 0.717) is 11.4 Å². The van der Waals surface area contributed by atoms with Gasteiger partial charge in [-0.3, -0.25) is 9.69 Å². The first-order valence-electron chi connectivity index (χ1n) is 7.98. The van der Waals surface area contributed by atoms with E-state index in [1.54, 1.807) is 7.11 Å². The van der Waals surface area contributed by atoms with E-state index in [2.05, 4.69) is 0 Å². The highest BCUT2D eigenvalue weighted by molar-refractivity contribution is 6.30. The number of nitrogens with zero attached hydrogens (tertiary/aromatic N) is 1. The second-order valence-corrected chi connectivity index (χ2v) is 6.37. The summed E-state index contributed by atoms with van der Waals surface area (Å²) < 4.78 is 5.53. The van der Waals surface area contributed by atoms with E-state index in [9.17, 15) is 9.90 Å². The molecule has 0 spiro atoms. The van der Waals surface area contributed by atoms with Crippen LogP contribution in [-0.2, 0) is 4.79 Å². The molecule has 2 atom stereocenters. The van der Waals surface area contributed by atoms with Crippen LogP contribution in [0.3, 0.4) is 0 Å². The van der Waals surface area contributed by atoms with Gasteiger partial charge in [-0.2, -0.15) is 0 Å². The van der Waals surface area contributed by atoms with Crippen LogP contribution in [0.1, 0.15) is 30.0 Å². The Balaban J connectivity index is 2.10. The van der Waals surface area contributed by atoms with Gasteiger partial charge in [0.2, 0.25) is 0 Å². The van der Waals surface area contributed by atoms with Gasteiger partial charge in [0.1, 0.15) is 11.8 Å². The molecule has 5 heteroatoms. The lowest BCUT2D eigenvalue weighted by molar-refractivity contribution is -0.142. The predicted molar refractivity (Wildman–Crippen MR) is 93.7 cm³/mol. The molecule has 0 saturated carbocycles. The standard InChI is InChI=1S/C19H20ClNO3/c1-24-17-7-3-2-5-15(17)18(13-8-10-14(20)11-9-13)21-12-4-6-16(21)19(22)23/h2-3,5,7-11,16,18H,4,6,12H2,1H3,(H,22,23). The Morgan fingerprint density at radius 1 is 1.25 bits per heavy atom. The minimum Gasteiger partial charge on any atom is -0.496 e. The number of carboxylic acid groups (broad SMARTS) is 1. The molecule has 24 heavy (non-hydrogen) atoms. The second kappa shape index (κ2) is 7.24. The van der Waals surface area contributed by atoms with Crippen LogP contribution >= 0.6 is 11.6 Å². The van der Waals surface area contributed by atoms with E-state index in [0.717, 1.165) is 29.8 Å². The Kier molecular flexibility index (Phi) is 5.07. The maximum Gasteiger partial charge on any atom is 0.320 e. The summed E-state index contributed by atoms with van der Waals surface area (Å²) in [6, 6.07) is 14.7. The molecule has 1 aliphatic rings. The number of carboxylic acids is 1. The molecule has 1 saturated heterocycles. The number of methoxy groups -OCH3 is 1. The number of likely N-dealkylation sites (tertiary alicyclic amines) is 1. The highest BCUT2D eigenvalue weighted by Gasteiger charge is 2.37. The molecule has 0 aromatic heterocycles. The first-order chi connectivity index (χ1) is 11.6. The molecule has 1 fully saturated rings. The van der Waals surface area contributed by atoms with E-state index in [-0.39, 0.29) is 6.04 Å². The molecule has 4 nitrogen and oxygen atoms in total. The van der Waals surface area contributed by atoms with Gasteiger partial charge < -0.3 is 9.84 Å². The third kappa shape index (κ3) is 3.25. The van der Waals surface area contributed by atoms with Gasteiger partial charge in [0.25, 0.3) is 0 Å². The summed E-state index contributed by atoms with van der Waals surface area (Å²) >= 11 is 6.03. The van der Waals surface area contributed by atoms with Crippen molar-refractivity contribution in [2.45, 2.75) is 24.9 Å². The quantitative estimate of drug-likeness (QED) is 0.890. The summed E-state index contributed by atoms with van der Waals surface area (Å²) in [6.07, 6.45) is 1.53. The molecule has 2 aromatic rings. The summed E-state index contributed by atoms with van der Waals surface area (Å²) in [7, 11) is 1.64. The fourth-order valence-corrected chi connectivity index (χ4v) is 3.58. The van der Waals surface area contributed by atoms with Crippen molar-refractivity contribution in [2.24, 2.45) is 0 Å². The van der Waals surface area contributed by atoms with E-state index in [1.807, 2.05) is 53.4 Å². The lowest BCUT2D eigenvalue weighted by Gasteiger charge is -2.32. The van der Waals surface area contributed by atoms with Crippen molar-refractivity contribution in [3.8, 4) is 5.75 Å². The molecule has 0 amide bonds. The molecular weight excluding hydrogens is 326 g/mol. The molecule has 2 aromatic carbocycles. The molecule has 126 valence electrons. The minimum absolute atomic E-state index is 0.179. The van der Waals surface area contributed by atoms with Crippen LogP contribution in [0.4, 0.5) is 0 Å². The monoisotopic (exact) mass is 345 g/mol. The van der Waals surface area contributed by atoms with Crippen LogP contribution in [0, 0.1) is 0 Å². The van der Waals surface area contributed by atoms with Crippen molar-refractivity contribution >= 4 is 17.6 Å². The SMILES string of the molecule is COc1ccccc1C(c1ccc(Cl)cc1)N1CCCC1C(=O)O. The Morgan fingerprint density at radius 2 is 1.96 bits per heavy atom. The van der Waals surface area contributed by atoms with Crippen molar-refractivity contribution in [3.05, 3.63) is 64.7 Å². The van der Waals surface area contributed by atoms with E-state index >= 15 is 0 Å². The van der Waals surface area contributed by atoms with Gasteiger partial charge in [-0.05, 0) is 36.6 Å². The van der Waals surface area contributed by atoms with Gasteiger partial charge in [-0.15, -0.1) is 0 Å². The van der Waals surface area contributed by atoms with Crippen molar-refractivity contribution < 1.29 is 14.6 Å². The van der Waals surface area contributed by atoms with Crippen molar-refractivity contribution in [3.63, 3.8) is 0 Å². The summed E-state index contributed by atoms with van der Waals surface area (Å²) in [6.45, 7) is 0.738. The van der Waals surface area contributed by atoms with Crippen molar-refractivity contribution in [1.82, 2.24) is 4.90 Å². The topological polar surface area (TPSA) is 49.8 Å². The number of carbonyl (C=O) groups is 1. The molecule has 0 aliphatic carbocycles. The zero-order valence-electron chi connectivity index (χ0n) is 13.5. The first kappa shape index (κ1) is 16.8. The van der Waals surface area contributed by atoms with Crippen LogP contribution < -0.4 is 4.74 Å². The number of aliphatic carboxylic acids is 1. The zero-order chi connectivity index (χ0) is 17.1. The molecule has 3 rings (SSSR count). The number of hydrogen-bond donors (Lipinski definition) is 1. The molecule has 1 aliphatic heterocycles. The first-order valence-corrected chi connectivity index (χ1v) is 8.36. The number of rotatable bonds is 5. The second-order valence-electron chi connectivity index (χ2n) is 5.93. The van der Waals surface area contributed by atoms with E-state index in [1.165, 1.54) is 0 Å². The van der Waals surface area contributed by atoms with E-state index < -0.39 is 12.0 Å². The Morgan fingerprint density at radius 3 is 2.62 bits per heavy atom. The van der Waals surface area contributed by atoms with Crippen molar-refractivity contribution in [2.75, 3.05) is 13.7 Å². The molecule has 1 N–H and O–H groups in total. The van der Waals surface area contributed by atoms with Crippen LogP contribution in [0.15, 0.2) is 48.5 Å². The maximum absolute atomic E-state index is 11.7. The number of benzene rings is 2. The average Bonchev–Trinajstić information content (AvgIpc) is 3.07. The Hall–Kier alpha value is -2.04. The largest absolute Gasteiger partial charge is 0.496 e. The van der Waals surface area contributed by atoms with Gasteiger partial charge >= 0.3 is 5.97 Å². The highest BCUT2D eigenvalue weighted by Crippen LogP contribution is 2.39. The van der Waals surface area contributed by atoms with Crippen LogP contribution in [0.5, 0.6) is 5.75 Å². The van der Waals surface area contributed by atoms with Gasteiger partial charge in [0.05, 0.1) is 13.2 Å². The van der Waals surface area contributed by atoms with E-state index in [4.69, 9.17) is 16.3 Å². The maximum atomic E-state index is 11.7. The van der Waals surface area contributed by atoms with Gasteiger partial charge in [0.15, 0.2) is 0 Å². The summed E-state index contributed by atoms with van der Waals surface area (Å²) in [5, 5.41) is 10.3. The van der Waals surface area contributed by atoms with Gasteiger partial charge in [-0.25, -0.2) is 0 Å². The van der Waals surface area contributed by atoms with Gasteiger partial charge in [-0.1, -0.05) is 41.9 Å². The summed E-state index contributed by atoms with van der Waals surface area (Å²) in [5.74, 6) is -0.0187. The molecule has 0 radical (unpaired) electrons. The number of halogens is 1. The predicted octanol–water partition coefficient (Wildman–Crippen LogP) is 3.99. The zero-order valence-corrected chi connectivity index (χ0v) is 14.2. The fraction of sp³-hybridized carbons (Fsp3) is 0.316. The molecule has 0 bridgehead atoms. The lowest BCUT2D eigenvalue weighted by Crippen LogP contribution is -2.39. The fourth-order valence-electron chi connectivity index (χ4n) is 3.45. The van der Waals surface area contributed by atoms with Crippen LogP contribution in [0.2, 0.25) is 5.02 Å². The van der Waals surface area contributed by atoms with Crippen molar-refractivity contribution in [1.29, 1.82) is 0 Å². The molecule has 2 unspecified atom stereocenters. The van der Waals surface area contributed by atoms with Crippen LogP contribution in [0.25, 0.3) is 0 Å². The lowest BCUT2D eigenvalue weighted by atomic mass is 9.95. The number of ether oxygens (including phenoxy) is 1. The van der Waals surface area contributed by atoms with Gasteiger partial charge in [0, 0.05) is 17.1 Å². The molecular formula is C19H20ClNO3. The smallest absolute Gasteiger partial charge is 0.320 e. The third-order valence-electron chi connectivity index (χ3n) is 4.53. The third-order valence-corrected chi connectivity index (χ3v) is 4.78. The number of hydrogen-bond acceptors (Lipinski definition) is 3. The highest BCUT2D eigenvalue weighted by atomic mass is 35.5. The summed E-state index contributed by atoms with van der Waals surface area (Å²) in [4.78, 5) is 13.7. The molecule has 1 heterocycles. The Labute approximate surface area is 146 Å². The Bertz CT molecular complexity index is 717. The summed E-state index contributed by atoms with van der Waals surface area (Å²) in [5.41, 5.74) is 1.98. The normalized spacial score (nSPS) is 19.2.